The van der Waals surface area contributed by atoms with Crippen LogP contribution >= 0.6 is 11.8 Å². The molecule has 0 heterocycles. The second kappa shape index (κ2) is 7.71. The molecule has 0 aromatic rings. The topological polar surface area (TPSA) is 46.2 Å². The third-order valence-corrected chi connectivity index (χ3v) is 3.87. The van der Waals surface area contributed by atoms with Crippen LogP contribution in [0.3, 0.4) is 0 Å². The molecule has 1 amide bonds. The Hall–Kier alpha value is -0.510. The molecule has 94 valence electrons. The van der Waals surface area contributed by atoms with E-state index < -0.39 is 0 Å². The van der Waals surface area contributed by atoms with Crippen molar-refractivity contribution in [3.05, 3.63) is 0 Å². The van der Waals surface area contributed by atoms with Crippen molar-refractivity contribution in [1.29, 1.82) is 0 Å². The Kier molecular flexibility index (Phi) is 7.47. The Morgan fingerprint density at radius 3 is 2.25 bits per heavy atom. The summed E-state index contributed by atoms with van der Waals surface area (Å²) < 4.78 is 0. The molecule has 4 heteroatoms. The molecule has 16 heavy (non-hydrogen) atoms. The number of hydrogen-bond acceptors (Lipinski definition) is 3. The van der Waals surface area contributed by atoms with Crippen LogP contribution in [0.1, 0.15) is 47.0 Å². The molecule has 0 spiro atoms. The van der Waals surface area contributed by atoms with Crippen molar-refractivity contribution >= 4 is 22.8 Å². The predicted molar refractivity (Wildman–Crippen MR) is 69.5 cm³/mol. The number of rotatable bonds is 7. The monoisotopic (exact) mass is 245 g/mol. The van der Waals surface area contributed by atoms with E-state index in [0.29, 0.717) is 12.2 Å². The average molecular weight is 245 g/mol. The summed E-state index contributed by atoms with van der Waals surface area (Å²) >= 11 is 1.20. The summed E-state index contributed by atoms with van der Waals surface area (Å²) in [4.78, 5) is 22.1. The molecule has 0 aliphatic rings. The smallest absolute Gasteiger partial charge is 0.220 e. The van der Waals surface area contributed by atoms with Gasteiger partial charge in [-0.15, -0.1) is 0 Å². The van der Waals surface area contributed by atoms with Crippen LogP contribution in [0.15, 0.2) is 0 Å². The van der Waals surface area contributed by atoms with E-state index in [1.165, 1.54) is 18.7 Å². The van der Waals surface area contributed by atoms with E-state index >= 15 is 0 Å². The summed E-state index contributed by atoms with van der Waals surface area (Å²) in [7, 11) is 0. The minimum absolute atomic E-state index is 0.0434. The largest absolute Gasteiger partial charge is 0.356 e. The van der Waals surface area contributed by atoms with Gasteiger partial charge in [0.25, 0.3) is 0 Å². The van der Waals surface area contributed by atoms with Crippen molar-refractivity contribution in [2.24, 2.45) is 5.41 Å². The van der Waals surface area contributed by atoms with Crippen LogP contribution < -0.4 is 5.32 Å². The van der Waals surface area contributed by atoms with E-state index in [2.05, 4.69) is 26.1 Å². The highest BCUT2D eigenvalue weighted by atomic mass is 32.2. The number of hydrogen-bond donors (Lipinski definition) is 1. The normalized spacial score (nSPS) is 11.2. The highest BCUT2D eigenvalue weighted by Crippen LogP contribution is 2.23. The summed E-state index contributed by atoms with van der Waals surface area (Å²) in [5, 5.41) is 3.00. The van der Waals surface area contributed by atoms with E-state index in [1.54, 1.807) is 0 Å². The zero-order valence-electron chi connectivity index (χ0n) is 10.8. The molecule has 0 aliphatic heterocycles. The molecule has 1 N–H and O–H groups in total. The highest BCUT2D eigenvalue weighted by molar-refractivity contribution is 8.13. The average Bonchev–Trinajstić information content (AvgIpc) is 2.25. The summed E-state index contributed by atoms with van der Waals surface area (Å²) in [5.41, 5.74) is 0.198. The predicted octanol–water partition coefficient (Wildman–Crippen LogP) is 2.60. The Labute approximate surface area is 103 Å². The first kappa shape index (κ1) is 15.5. The summed E-state index contributed by atoms with van der Waals surface area (Å²) in [6, 6.07) is 0. The summed E-state index contributed by atoms with van der Waals surface area (Å²) in [5.74, 6) is 0.623. The lowest BCUT2D eigenvalue weighted by Gasteiger charge is -2.26. The number of amides is 1. The lowest BCUT2D eigenvalue weighted by atomic mass is 9.85. The number of thioether (sulfide) groups is 1. The van der Waals surface area contributed by atoms with Gasteiger partial charge in [0, 0.05) is 25.6 Å². The van der Waals surface area contributed by atoms with Crippen molar-refractivity contribution in [3.63, 3.8) is 0 Å². The SMILES string of the molecule is CCC(C)(CC)CNC(=O)CCSC(C)=O. The van der Waals surface area contributed by atoms with Crippen molar-refractivity contribution < 1.29 is 9.59 Å². The van der Waals surface area contributed by atoms with Gasteiger partial charge in [0.1, 0.15) is 0 Å². The highest BCUT2D eigenvalue weighted by Gasteiger charge is 2.20. The first-order valence-corrected chi connectivity index (χ1v) is 6.82. The van der Waals surface area contributed by atoms with Gasteiger partial charge in [-0.3, -0.25) is 9.59 Å². The van der Waals surface area contributed by atoms with Gasteiger partial charge in [0.05, 0.1) is 0 Å². The fraction of sp³-hybridized carbons (Fsp3) is 0.833. The van der Waals surface area contributed by atoms with Crippen LogP contribution in [0.5, 0.6) is 0 Å². The first-order chi connectivity index (χ1) is 7.43. The lowest BCUT2D eigenvalue weighted by molar-refractivity contribution is -0.121. The van der Waals surface area contributed by atoms with Crippen molar-refractivity contribution in [1.82, 2.24) is 5.32 Å². The second-order valence-corrected chi connectivity index (χ2v) is 5.66. The van der Waals surface area contributed by atoms with Crippen LogP contribution in [-0.4, -0.2) is 23.3 Å². The van der Waals surface area contributed by atoms with Crippen LogP contribution in [0, 0.1) is 5.41 Å². The van der Waals surface area contributed by atoms with Crippen LogP contribution in [0.4, 0.5) is 0 Å². The van der Waals surface area contributed by atoms with Crippen LogP contribution in [-0.2, 0) is 9.59 Å². The van der Waals surface area contributed by atoms with Gasteiger partial charge in [-0.25, -0.2) is 0 Å². The molecule has 0 aliphatic carbocycles. The molecule has 0 bridgehead atoms. The third kappa shape index (κ3) is 6.88. The quantitative estimate of drug-likeness (QED) is 0.750. The fourth-order valence-corrected chi connectivity index (χ4v) is 1.76. The maximum absolute atomic E-state index is 11.5. The van der Waals surface area contributed by atoms with Crippen LogP contribution in [0.25, 0.3) is 0 Å². The minimum Gasteiger partial charge on any atom is -0.356 e. The molecule has 0 rings (SSSR count). The van der Waals surface area contributed by atoms with Gasteiger partial charge >= 0.3 is 0 Å². The number of carbonyl (C=O) groups excluding carboxylic acids is 2. The van der Waals surface area contributed by atoms with Gasteiger partial charge in [-0.05, 0) is 18.3 Å². The number of nitrogens with one attached hydrogen (secondary N) is 1. The molecule has 0 saturated heterocycles. The molecular weight excluding hydrogens is 222 g/mol. The van der Waals surface area contributed by atoms with Gasteiger partial charge in [0.15, 0.2) is 5.12 Å². The molecule has 0 aromatic carbocycles. The Morgan fingerprint density at radius 2 is 1.81 bits per heavy atom. The second-order valence-electron chi connectivity index (χ2n) is 4.38. The Morgan fingerprint density at radius 1 is 1.25 bits per heavy atom. The Bertz CT molecular complexity index is 237. The molecule has 0 aromatic heterocycles. The van der Waals surface area contributed by atoms with E-state index in [-0.39, 0.29) is 16.4 Å². The van der Waals surface area contributed by atoms with Crippen LogP contribution in [0.2, 0.25) is 0 Å². The van der Waals surface area contributed by atoms with Gasteiger partial charge in [-0.2, -0.15) is 0 Å². The molecule has 0 unspecified atom stereocenters. The molecule has 0 radical (unpaired) electrons. The maximum Gasteiger partial charge on any atom is 0.220 e. The van der Waals surface area contributed by atoms with Crippen molar-refractivity contribution in [2.45, 2.75) is 47.0 Å². The Balaban J connectivity index is 3.76. The first-order valence-electron chi connectivity index (χ1n) is 5.83. The summed E-state index contributed by atoms with van der Waals surface area (Å²) in [6.07, 6.45) is 2.55. The molecule has 0 fully saturated rings. The lowest BCUT2D eigenvalue weighted by Crippen LogP contribution is -2.35. The van der Waals surface area contributed by atoms with E-state index in [4.69, 9.17) is 0 Å². The van der Waals surface area contributed by atoms with Gasteiger partial charge < -0.3 is 5.32 Å². The fourth-order valence-electron chi connectivity index (χ4n) is 1.19. The molecule has 3 nitrogen and oxygen atoms in total. The zero-order valence-corrected chi connectivity index (χ0v) is 11.6. The zero-order chi connectivity index (χ0) is 12.6. The molecule has 0 saturated carbocycles. The number of carbonyl (C=O) groups is 2. The third-order valence-electron chi connectivity index (χ3n) is 3.05. The van der Waals surface area contributed by atoms with Crippen molar-refractivity contribution in [2.75, 3.05) is 12.3 Å². The molecular formula is C12H23NO2S. The van der Waals surface area contributed by atoms with E-state index in [0.717, 1.165) is 19.4 Å². The van der Waals surface area contributed by atoms with Crippen molar-refractivity contribution in [3.8, 4) is 0 Å². The van der Waals surface area contributed by atoms with E-state index in [9.17, 15) is 9.59 Å². The van der Waals surface area contributed by atoms with Gasteiger partial charge in [-0.1, -0.05) is 32.5 Å². The standard InChI is InChI=1S/C12H23NO2S/c1-5-12(4,6-2)9-13-11(15)7-8-16-10(3)14/h5-9H2,1-4H3,(H,13,15). The van der Waals surface area contributed by atoms with Gasteiger partial charge in [0.2, 0.25) is 5.91 Å². The molecule has 0 atom stereocenters. The van der Waals surface area contributed by atoms with E-state index in [1.807, 2.05) is 0 Å². The maximum atomic E-state index is 11.5. The minimum atomic E-state index is 0.0434. The summed E-state index contributed by atoms with van der Waals surface area (Å²) in [6.45, 7) is 8.71.